The van der Waals surface area contributed by atoms with Gasteiger partial charge in [-0.05, 0) is 100 Å². The largest absolute Gasteiger partial charge is 0.507 e. The number of benzene rings is 6. The molecule has 2 radical (unpaired) electrons. The second-order valence-corrected chi connectivity index (χ2v) is 31.6. The van der Waals surface area contributed by atoms with Crippen LogP contribution in [-0.4, -0.2) is 68.1 Å². The van der Waals surface area contributed by atoms with Crippen LogP contribution in [0.15, 0.2) is 255 Å². The van der Waals surface area contributed by atoms with Crippen molar-refractivity contribution in [1.82, 2.24) is 19.9 Å². The van der Waals surface area contributed by atoms with Crippen LogP contribution < -0.4 is 18.9 Å². The van der Waals surface area contributed by atoms with Gasteiger partial charge in [-0.25, -0.2) is 0 Å². The first-order valence-electron chi connectivity index (χ1n) is 33.4. The van der Waals surface area contributed by atoms with Gasteiger partial charge in [-0.3, -0.25) is 29.5 Å². The van der Waals surface area contributed by atoms with Crippen LogP contribution in [0.4, 0.5) is 0 Å². The number of ketones is 2. The van der Waals surface area contributed by atoms with Gasteiger partial charge in [0.15, 0.2) is 34.6 Å². The number of aliphatic hydroxyl groups is 2. The molecule has 0 bridgehead atoms. The van der Waals surface area contributed by atoms with Gasteiger partial charge in [0.05, 0.1) is 31.8 Å². The molecule has 542 valence electrons. The number of hydrogen-bond acceptors (Lipinski definition) is 18. The Labute approximate surface area is 732 Å². The summed E-state index contributed by atoms with van der Waals surface area (Å²) >= 11 is 10.7. The normalized spacial score (nSPS) is 12.0. The molecule has 18 rings (SSSR count). The Balaban J connectivity index is 0.000000149. The minimum absolute atomic E-state index is 0. The molecule has 2 aliphatic rings. The van der Waals surface area contributed by atoms with Crippen molar-refractivity contribution in [3.05, 3.63) is 297 Å². The second-order valence-electron chi connectivity index (χ2n) is 24.4. The van der Waals surface area contributed by atoms with E-state index in [1.165, 1.54) is 51.2 Å². The van der Waals surface area contributed by atoms with Gasteiger partial charge in [-0.2, -0.15) is 0 Å². The Bertz CT molecular complexity index is 5550. The van der Waals surface area contributed by atoms with Crippen molar-refractivity contribution in [2.75, 3.05) is 26.4 Å². The van der Waals surface area contributed by atoms with Gasteiger partial charge in [0, 0.05) is 251 Å². The van der Waals surface area contributed by atoms with E-state index in [0.717, 1.165) is 108 Å². The smallest absolute Gasteiger partial charge is 0.189 e. The third kappa shape index (κ3) is 18.4. The second kappa shape index (κ2) is 37.1. The van der Waals surface area contributed by atoms with Crippen LogP contribution in [0.5, 0.6) is 23.0 Å². The average Bonchev–Trinajstić information content (AvgIpc) is 1.26. The molecular formula is C88H72Eu2N4O8S6. The number of aliphatic hydroxyl groups excluding tert-OH is 2. The van der Waals surface area contributed by atoms with E-state index in [1.54, 1.807) is 95.5 Å². The Morgan fingerprint density at radius 1 is 0.333 bits per heavy atom. The number of ether oxygens (including phenoxy) is 4. The molecule has 0 spiro atoms. The molecule has 6 aromatic carbocycles. The Morgan fingerprint density at radius 2 is 0.611 bits per heavy atom. The third-order valence-electron chi connectivity index (χ3n) is 17.2. The first-order valence-corrected chi connectivity index (χ1v) is 38.3. The molecule has 16 aromatic rings. The molecule has 2 N–H and O–H groups in total. The zero-order valence-corrected chi connectivity index (χ0v) is 67.2. The van der Waals surface area contributed by atoms with E-state index in [9.17, 15) is 19.8 Å². The van der Waals surface area contributed by atoms with Crippen molar-refractivity contribution < 1.29 is 138 Å². The van der Waals surface area contributed by atoms with Gasteiger partial charge >= 0.3 is 0 Å². The van der Waals surface area contributed by atoms with Crippen molar-refractivity contribution in [2.24, 2.45) is 0 Å². The number of nitrogens with zero attached hydrogens (tertiary/aromatic N) is 4. The van der Waals surface area contributed by atoms with Gasteiger partial charge < -0.3 is 29.2 Å². The average molecular weight is 1810 g/mol. The van der Waals surface area contributed by atoms with Gasteiger partial charge in [-0.15, -0.1) is 68.0 Å². The minimum Gasteiger partial charge on any atom is -0.507 e. The number of fused-ring (bicyclic) bond motifs is 8. The molecular weight excluding hydrogens is 1740 g/mol. The number of aromatic nitrogens is 4. The molecule has 0 saturated heterocycles. The van der Waals surface area contributed by atoms with E-state index in [2.05, 4.69) is 125 Å². The number of aryl methyl sites for hydroxylation is 4. The first-order chi connectivity index (χ1) is 50.8. The zero-order chi connectivity index (χ0) is 71.2. The summed E-state index contributed by atoms with van der Waals surface area (Å²) in [7, 11) is 0. The fourth-order valence-corrected chi connectivity index (χ4v) is 18.0. The molecule has 20 heteroatoms. The van der Waals surface area contributed by atoms with E-state index in [4.69, 9.17) is 38.9 Å². The van der Waals surface area contributed by atoms with Gasteiger partial charge in [0.1, 0.15) is 37.9 Å². The summed E-state index contributed by atoms with van der Waals surface area (Å²) in [6, 6.07) is 70.7. The summed E-state index contributed by atoms with van der Waals surface area (Å²) in [5.41, 5.74) is 10.4. The quantitative estimate of drug-likeness (QED) is 0.0516. The summed E-state index contributed by atoms with van der Waals surface area (Å²) in [6.45, 7) is 10.8. The maximum absolute atomic E-state index is 11.8. The number of carbonyl (C=O) groups is 2. The summed E-state index contributed by atoms with van der Waals surface area (Å²) in [4.78, 5) is 57.8. The van der Waals surface area contributed by atoms with Gasteiger partial charge in [0.25, 0.3) is 0 Å². The van der Waals surface area contributed by atoms with E-state index in [1.807, 2.05) is 119 Å². The monoisotopic (exact) mass is 1810 g/mol. The SMILES string of the molecule is C.C.Cc1ccc(-c2ccc(-c3cnc4c(ccc5cc(-c6ccc(-c7ccc(C)s7)s6)cnc54)c3)s2)s1.Cc1sc(-c2cnc3c(ccc4cc(-c5sc(C)c6c5OCCO6)cnc43)c2)c2c1OCCO2.O=C(C=C(O)c1ccccc1)c1ccccc1.O=C(C=C(O)c1ccccc1)c1ccccc1.[Eu].[Eu]. The molecule has 0 aliphatic carbocycles. The summed E-state index contributed by atoms with van der Waals surface area (Å²) in [5, 5.41) is 23.9. The maximum atomic E-state index is 11.8. The number of thiophene rings is 6. The molecule has 0 atom stereocenters. The van der Waals surface area contributed by atoms with E-state index < -0.39 is 0 Å². The standard InChI is InChI=1S/C30H20N2S4.C26H20N2O4S2.2C15H12O2.2CH4.2Eu/c1-17-3-7-25(33-17)27-11-9-23(35-27)21-13-19-5-6-20-14-22(16-32-30(20)29(19)31-15-21)24-10-12-28(36-24)26-8-4-18(2)34-26;1-13-21-23(31-7-5-29-21)25(33-13)17-9-15-3-4-16-10-18(12-28-20(16)19(15)27-11-17)26-24-22(14(2)34-26)30-6-8-32-24;2*16-14(12-7-3-1-4-8-12)11-15(17)13-9-5-2-6-10-13;;;;/h3-16H,1-2H3;3-4,9-12H,5-8H2,1-2H3;2*1-11,16H;2*1H4;;. The molecule has 10 aromatic heterocycles. The summed E-state index contributed by atoms with van der Waals surface area (Å²) in [5.74, 6) is 2.95. The number of allylic oxidation sites excluding steroid dienone is 2. The van der Waals surface area contributed by atoms with Crippen molar-refractivity contribution in [2.45, 2.75) is 42.5 Å². The molecule has 0 saturated carbocycles. The van der Waals surface area contributed by atoms with Crippen LogP contribution in [0.1, 0.15) is 66.2 Å². The Morgan fingerprint density at radius 3 is 0.935 bits per heavy atom. The Kier molecular flexibility index (Phi) is 27.8. The molecule has 12 nitrogen and oxygen atoms in total. The number of hydrogen-bond donors (Lipinski definition) is 2. The first kappa shape index (κ1) is 81.0. The molecule has 2 aliphatic heterocycles. The molecule has 0 unspecified atom stereocenters. The van der Waals surface area contributed by atoms with Gasteiger partial charge in [0.2, 0.25) is 0 Å². The van der Waals surface area contributed by atoms with Crippen molar-refractivity contribution >= 4 is 135 Å². The fourth-order valence-electron chi connectivity index (χ4n) is 12.1. The van der Waals surface area contributed by atoms with Crippen LogP contribution in [0.25, 0.3) is 116 Å². The Hall–Kier alpha value is -8.05. The summed E-state index contributed by atoms with van der Waals surface area (Å²) < 4.78 is 23.5. The predicted molar refractivity (Wildman–Crippen MR) is 444 cm³/mol. The zero-order valence-electron chi connectivity index (χ0n) is 57.4. The predicted octanol–water partition coefficient (Wildman–Crippen LogP) is 24.9. The van der Waals surface area contributed by atoms with E-state index in [-0.39, 0.29) is 137 Å². The van der Waals surface area contributed by atoms with Crippen molar-refractivity contribution in [3.63, 3.8) is 0 Å². The van der Waals surface area contributed by atoms with E-state index in [0.29, 0.717) is 48.7 Å². The maximum Gasteiger partial charge on any atom is 0.189 e. The number of rotatable bonds is 12. The third-order valence-corrected chi connectivity index (χ3v) is 24.1. The van der Waals surface area contributed by atoms with Crippen LogP contribution in [-0.2, 0) is 0 Å². The molecule has 0 fully saturated rings. The van der Waals surface area contributed by atoms with Crippen molar-refractivity contribution in [3.8, 4) is 84.3 Å². The minimum atomic E-state index is -0.202. The molecule has 12 heterocycles. The number of carbonyl (C=O) groups excluding carboxylic acids is 2. The van der Waals surface area contributed by atoms with Gasteiger partial charge in [-0.1, -0.05) is 160 Å². The fraction of sp³-hybridized carbons (Fsp3) is 0.114. The molecule has 0 amide bonds. The topological polar surface area (TPSA) is 163 Å². The van der Waals surface area contributed by atoms with Crippen LogP contribution in [0.2, 0.25) is 0 Å². The van der Waals surface area contributed by atoms with Crippen LogP contribution in [0.3, 0.4) is 0 Å². The summed E-state index contributed by atoms with van der Waals surface area (Å²) in [6.07, 6.45) is 10.3. The van der Waals surface area contributed by atoms with Crippen LogP contribution in [0, 0.1) is 126 Å². The van der Waals surface area contributed by atoms with E-state index >= 15 is 0 Å². The van der Waals surface area contributed by atoms with Crippen LogP contribution >= 0.6 is 68.0 Å². The number of pyridine rings is 4. The molecule has 108 heavy (non-hydrogen) atoms. The van der Waals surface area contributed by atoms with Crippen molar-refractivity contribution in [1.29, 1.82) is 0 Å².